The zero-order chi connectivity index (χ0) is 10.9. The predicted molar refractivity (Wildman–Crippen MR) is 58.8 cm³/mol. The molecule has 2 saturated heterocycles. The summed E-state index contributed by atoms with van der Waals surface area (Å²) in [6.45, 7) is 9.31. The Morgan fingerprint density at radius 2 is 2.13 bits per heavy atom. The summed E-state index contributed by atoms with van der Waals surface area (Å²) in [5.74, 6) is 0. The molecule has 4 nitrogen and oxygen atoms in total. The van der Waals surface area contributed by atoms with Crippen molar-refractivity contribution < 1.29 is 9.47 Å². The SMILES string of the molecule is CC1(C)CN(C2(CN)CCOC2)CCO1. The lowest BCUT2D eigenvalue weighted by Crippen LogP contribution is -2.62. The average Bonchev–Trinajstić information content (AvgIpc) is 2.65. The molecule has 15 heavy (non-hydrogen) atoms. The first-order valence-corrected chi connectivity index (χ1v) is 5.75. The van der Waals surface area contributed by atoms with Crippen molar-refractivity contribution in [1.82, 2.24) is 4.90 Å². The summed E-state index contributed by atoms with van der Waals surface area (Å²) in [6.07, 6.45) is 1.06. The monoisotopic (exact) mass is 214 g/mol. The number of nitrogens with zero attached hydrogens (tertiary/aromatic N) is 1. The van der Waals surface area contributed by atoms with Crippen LogP contribution in [0.1, 0.15) is 20.3 Å². The van der Waals surface area contributed by atoms with Gasteiger partial charge in [0.25, 0.3) is 0 Å². The summed E-state index contributed by atoms with van der Waals surface area (Å²) < 4.78 is 11.2. The summed E-state index contributed by atoms with van der Waals surface area (Å²) >= 11 is 0. The van der Waals surface area contributed by atoms with Gasteiger partial charge in [0.2, 0.25) is 0 Å². The zero-order valence-corrected chi connectivity index (χ0v) is 9.79. The first-order chi connectivity index (χ1) is 7.08. The van der Waals surface area contributed by atoms with E-state index in [0.717, 1.165) is 39.3 Å². The predicted octanol–water partition coefficient (Wildman–Crippen LogP) is 0.215. The van der Waals surface area contributed by atoms with Crippen LogP contribution < -0.4 is 5.73 Å². The van der Waals surface area contributed by atoms with Crippen molar-refractivity contribution in [2.75, 3.05) is 39.5 Å². The highest BCUT2D eigenvalue weighted by Gasteiger charge is 2.43. The molecule has 0 bridgehead atoms. The molecule has 1 unspecified atom stereocenters. The molecule has 2 aliphatic heterocycles. The van der Waals surface area contributed by atoms with Crippen molar-refractivity contribution in [3.63, 3.8) is 0 Å². The van der Waals surface area contributed by atoms with Gasteiger partial charge < -0.3 is 15.2 Å². The Bertz CT molecular complexity index is 225. The molecule has 2 N–H and O–H groups in total. The van der Waals surface area contributed by atoms with Crippen molar-refractivity contribution in [3.8, 4) is 0 Å². The quantitative estimate of drug-likeness (QED) is 0.714. The second kappa shape index (κ2) is 4.01. The molecule has 0 aromatic heterocycles. The first-order valence-electron chi connectivity index (χ1n) is 5.75. The maximum Gasteiger partial charge on any atom is 0.0753 e. The third-order valence-electron chi connectivity index (χ3n) is 3.56. The van der Waals surface area contributed by atoms with Crippen LogP contribution in [0.15, 0.2) is 0 Å². The second-order valence-electron chi connectivity index (χ2n) is 5.26. The van der Waals surface area contributed by atoms with Crippen LogP contribution in [-0.2, 0) is 9.47 Å². The van der Waals surface area contributed by atoms with Crippen LogP contribution in [0.4, 0.5) is 0 Å². The third-order valence-corrected chi connectivity index (χ3v) is 3.56. The molecule has 2 aliphatic rings. The molecule has 0 aliphatic carbocycles. The fourth-order valence-electron chi connectivity index (χ4n) is 2.56. The van der Waals surface area contributed by atoms with Crippen LogP contribution >= 0.6 is 0 Å². The van der Waals surface area contributed by atoms with Gasteiger partial charge in [-0.2, -0.15) is 0 Å². The summed E-state index contributed by atoms with van der Waals surface area (Å²) in [7, 11) is 0. The summed E-state index contributed by atoms with van der Waals surface area (Å²) in [5, 5.41) is 0. The Morgan fingerprint density at radius 3 is 2.67 bits per heavy atom. The van der Waals surface area contributed by atoms with Crippen LogP contribution in [0.3, 0.4) is 0 Å². The lowest BCUT2D eigenvalue weighted by Gasteiger charge is -2.47. The van der Waals surface area contributed by atoms with Gasteiger partial charge in [-0.3, -0.25) is 4.90 Å². The van der Waals surface area contributed by atoms with E-state index < -0.39 is 0 Å². The Morgan fingerprint density at radius 1 is 1.33 bits per heavy atom. The van der Waals surface area contributed by atoms with E-state index in [0.29, 0.717) is 6.54 Å². The first kappa shape index (κ1) is 11.3. The van der Waals surface area contributed by atoms with Gasteiger partial charge in [-0.15, -0.1) is 0 Å². The molecule has 2 fully saturated rings. The molecule has 88 valence electrons. The molecule has 1 atom stereocenters. The van der Waals surface area contributed by atoms with Crippen molar-refractivity contribution in [3.05, 3.63) is 0 Å². The van der Waals surface area contributed by atoms with Crippen molar-refractivity contribution >= 4 is 0 Å². The second-order valence-corrected chi connectivity index (χ2v) is 5.26. The highest BCUT2D eigenvalue weighted by molar-refractivity contribution is 4.98. The van der Waals surface area contributed by atoms with E-state index in [9.17, 15) is 0 Å². The lowest BCUT2D eigenvalue weighted by molar-refractivity contribution is -0.115. The Kier molecular flexibility index (Phi) is 3.03. The van der Waals surface area contributed by atoms with E-state index in [1.165, 1.54) is 0 Å². The summed E-state index contributed by atoms with van der Waals surface area (Å²) in [4.78, 5) is 2.46. The van der Waals surface area contributed by atoms with E-state index >= 15 is 0 Å². The van der Waals surface area contributed by atoms with E-state index in [1.807, 2.05) is 0 Å². The molecular formula is C11H22N2O2. The fourth-order valence-corrected chi connectivity index (χ4v) is 2.56. The third kappa shape index (κ3) is 2.18. The number of ether oxygens (including phenoxy) is 2. The van der Waals surface area contributed by atoms with Gasteiger partial charge in [0, 0.05) is 26.2 Å². The highest BCUT2D eigenvalue weighted by atomic mass is 16.5. The summed E-state index contributed by atoms with van der Waals surface area (Å²) in [5.41, 5.74) is 5.94. The normalized spacial score (nSPS) is 37.0. The molecule has 0 radical (unpaired) electrons. The van der Waals surface area contributed by atoms with E-state index in [4.69, 9.17) is 15.2 Å². The highest BCUT2D eigenvalue weighted by Crippen LogP contribution is 2.29. The standard InChI is InChI=1S/C11H22N2O2/c1-10(2)8-13(4-6-15-10)11(7-12)3-5-14-9-11/h3-9,12H2,1-2H3. The minimum Gasteiger partial charge on any atom is -0.379 e. The van der Waals surface area contributed by atoms with Crippen molar-refractivity contribution in [1.29, 1.82) is 0 Å². The number of hydrogen-bond acceptors (Lipinski definition) is 4. The van der Waals surface area contributed by atoms with E-state index in [2.05, 4.69) is 18.7 Å². The fraction of sp³-hybridized carbons (Fsp3) is 1.00. The minimum absolute atomic E-state index is 0.0526. The molecule has 0 aromatic carbocycles. The minimum atomic E-state index is -0.0526. The Balaban J connectivity index is 2.08. The van der Waals surface area contributed by atoms with E-state index in [-0.39, 0.29) is 11.1 Å². The van der Waals surface area contributed by atoms with Crippen LogP contribution in [0.25, 0.3) is 0 Å². The van der Waals surface area contributed by atoms with Gasteiger partial charge in [-0.25, -0.2) is 0 Å². The molecule has 0 aromatic rings. The number of hydrogen-bond donors (Lipinski definition) is 1. The van der Waals surface area contributed by atoms with Crippen LogP contribution in [0, 0.1) is 0 Å². The van der Waals surface area contributed by atoms with Gasteiger partial charge in [0.05, 0.1) is 24.4 Å². The van der Waals surface area contributed by atoms with Crippen molar-refractivity contribution in [2.24, 2.45) is 5.73 Å². The molecule has 2 heterocycles. The lowest BCUT2D eigenvalue weighted by atomic mass is 9.93. The maximum absolute atomic E-state index is 5.93. The van der Waals surface area contributed by atoms with Gasteiger partial charge in [0.1, 0.15) is 0 Å². The molecular weight excluding hydrogens is 192 g/mol. The number of rotatable bonds is 2. The van der Waals surface area contributed by atoms with Crippen LogP contribution in [-0.4, -0.2) is 55.5 Å². The van der Waals surface area contributed by atoms with Gasteiger partial charge in [0.15, 0.2) is 0 Å². The van der Waals surface area contributed by atoms with E-state index in [1.54, 1.807) is 0 Å². The number of nitrogens with two attached hydrogens (primary N) is 1. The van der Waals surface area contributed by atoms with Crippen molar-refractivity contribution in [2.45, 2.75) is 31.4 Å². The molecule has 0 amide bonds. The number of morpholine rings is 1. The smallest absolute Gasteiger partial charge is 0.0753 e. The van der Waals surface area contributed by atoms with Gasteiger partial charge in [-0.1, -0.05) is 0 Å². The van der Waals surface area contributed by atoms with Crippen LogP contribution in [0.5, 0.6) is 0 Å². The van der Waals surface area contributed by atoms with Gasteiger partial charge >= 0.3 is 0 Å². The Labute approximate surface area is 91.7 Å². The molecule has 0 saturated carbocycles. The maximum atomic E-state index is 5.93. The molecule has 2 rings (SSSR count). The summed E-state index contributed by atoms with van der Waals surface area (Å²) in [6, 6.07) is 0. The Hall–Kier alpha value is -0.160. The molecule has 0 spiro atoms. The van der Waals surface area contributed by atoms with Crippen LogP contribution in [0.2, 0.25) is 0 Å². The zero-order valence-electron chi connectivity index (χ0n) is 9.79. The average molecular weight is 214 g/mol. The largest absolute Gasteiger partial charge is 0.379 e. The van der Waals surface area contributed by atoms with Gasteiger partial charge in [-0.05, 0) is 20.3 Å². The topological polar surface area (TPSA) is 47.7 Å². The molecule has 4 heteroatoms.